The van der Waals surface area contributed by atoms with Gasteiger partial charge in [0.1, 0.15) is 36.1 Å². The van der Waals surface area contributed by atoms with E-state index in [0.29, 0.717) is 12.4 Å². The number of H-pyrrole nitrogens is 2. The third-order valence-corrected chi connectivity index (χ3v) is 13.4. The van der Waals surface area contributed by atoms with Crippen molar-refractivity contribution in [3.63, 3.8) is 0 Å². The second-order valence-corrected chi connectivity index (χ2v) is 16.8. The number of hydrogen-bond acceptors (Lipinski definition) is 10. The van der Waals surface area contributed by atoms with E-state index in [1.807, 2.05) is 22.8 Å². The molecule has 0 aliphatic carbocycles. The van der Waals surface area contributed by atoms with Crippen LogP contribution in [0.4, 0.5) is 9.59 Å². The number of likely N-dealkylation sites (tertiary alicyclic amines) is 1. The minimum atomic E-state index is -0.923. The first kappa shape index (κ1) is 40.3. The number of ether oxygens (including phenoxy) is 4. The molecule has 9 rings (SSSR count). The molecule has 0 unspecified atom stereocenters. The van der Waals surface area contributed by atoms with Crippen LogP contribution in [0.5, 0.6) is 5.75 Å². The number of alkyl carbamates (subject to hydrolysis) is 2. The molecule has 16 nitrogen and oxygen atoms in total. The van der Waals surface area contributed by atoms with Crippen molar-refractivity contribution in [1.82, 2.24) is 40.4 Å². The highest BCUT2D eigenvalue weighted by Gasteiger charge is 2.48. The lowest BCUT2D eigenvalue weighted by molar-refractivity contribution is -0.142. The molecule has 3 saturated heterocycles. The summed E-state index contributed by atoms with van der Waals surface area (Å²) in [6.45, 7) is 6.18. The zero-order valence-electron chi connectivity index (χ0n) is 35.2. The van der Waals surface area contributed by atoms with E-state index >= 15 is 0 Å². The molecule has 16 heteroatoms. The molecule has 5 aromatic rings. The highest BCUT2D eigenvalue weighted by molar-refractivity contribution is 6.07. The molecule has 3 aromatic carbocycles. The molecule has 4 aliphatic heterocycles. The van der Waals surface area contributed by atoms with Gasteiger partial charge in [-0.1, -0.05) is 32.0 Å². The van der Waals surface area contributed by atoms with Gasteiger partial charge >= 0.3 is 12.2 Å². The van der Waals surface area contributed by atoms with Crippen molar-refractivity contribution in [3.8, 4) is 28.1 Å². The maximum atomic E-state index is 14.1. The predicted molar refractivity (Wildman–Crippen MR) is 225 cm³/mol. The number of methoxy groups -OCH3 is 3. The summed E-state index contributed by atoms with van der Waals surface area (Å²) < 4.78 is 21.6. The molecule has 6 heterocycles. The fourth-order valence-corrected chi connectivity index (χ4v) is 10.1. The number of benzene rings is 3. The lowest BCUT2D eigenvalue weighted by Gasteiger charge is -2.41. The fourth-order valence-electron chi connectivity index (χ4n) is 10.1. The SMILES string of the molecule is CC[C@H]1CC[C@@H](c2ncc(-c3ccc4c(c3)COc3cc5c(ccc6nc([C@@H]7CC[C@@H]8C[C@H](C)[C@H](NC(=O)OC)C(=O)N87)[nH]c65)cc3-4)[nH]2)N1C(=O)[C@@H](NC(=O)OC)[C@@H](C)OC. The number of rotatable bonds is 9. The lowest BCUT2D eigenvalue weighted by atomic mass is 9.88. The van der Waals surface area contributed by atoms with Crippen LogP contribution in [-0.2, 0) is 30.4 Å². The van der Waals surface area contributed by atoms with Crippen molar-refractivity contribution >= 4 is 45.8 Å². The first-order chi connectivity index (χ1) is 29.5. The summed E-state index contributed by atoms with van der Waals surface area (Å²) in [6, 6.07) is 12.6. The molecule has 320 valence electrons. The van der Waals surface area contributed by atoms with E-state index in [-0.39, 0.29) is 41.9 Å². The van der Waals surface area contributed by atoms with Crippen molar-refractivity contribution in [2.24, 2.45) is 5.92 Å². The van der Waals surface area contributed by atoms with Gasteiger partial charge in [-0.3, -0.25) is 9.59 Å². The van der Waals surface area contributed by atoms with Crippen molar-refractivity contribution in [2.75, 3.05) is 21.3 Å². The molecule has 0 bridgehead atoms. The van der Waals surface area contributed by atoms with Crippen molar-refractivity contribution in [1.29, 1.82) is 0 Å². The highest BCUT2D eigenvalue weighted by atomic mass is 16.5. The number of imidazole rings is 2. The predicted octanol–water partition coefficient (Wildman–Crippen LogP) is 6.66. The van der Waals surface area contributed by atoms with Gasteiger partial charge in [0, 0.05) is 30.1 Å². The van der Waals surface area contributed by atoms with Crippen LogP contribution in [-0.4, -0.2) is 105 Å². The molecule has 8 atom stereocenters. The third-order valence-electron chi connectivity index (χ3n) is 13.4. The average molecular weight is 833 g/mol. The van der Waals surface area contributed by atoms with Crippen LogP contribution in [0.15, 0.2) is 48.7 Å². The quantitative estimate of drug-likeness (QED) is 0.125. The van der Waals surface area contributed by atoms with E-state index < -0.39 is 30.4 Å². The number of piperidine rings is 1. The molecular weight excluding hydrogens is 781 g/mol. The van der Waals surface area contributed by atoms with Gasteiger partial charge in [-0.25, -0.2) is 19.6 Å². The lowest BCUT2D eigenvalue weighted by Crippen LogP contribution is -2.58. The Bertz CT molecular complexity index is 2530. The van der Waals surface area contributed by atoms with Crippen LogP contribution in [0.25, 0.3) is 44.2 Å². The van der Waals surface area contributed by atoms with E-state index in [2.05, 4.69) is 63.9 Å². The molecule has 4 N–H and O–H groups in total. The number of fused-ring (bicyclic) bond motifs is 7. The first-order valence-electron chi connectivity index (χ1n) is 21.2. The molecular formula is C45H52N8O8. The van der Waals surface area contributed by atoms with Crippen LogP contribution in [0, 0.1) is 5.92 Å². The number of hydrogen-bond donors (Lipinski definition) is 4. The van der Waals surface area contributed by atoms with Crippen molar-refractivity contribution in [3.05, 3.63) is 65.9 Å². The van der Waals surface area contributed by atoms with E-state index in [4.69, 9.17) is 28.9 Å². The second-order valence-electron chi connectivity index (χ2n) is 16.8. The Hall–Kier alpha value is -6.16. The first-order valence-corrected chi connectivity index (χ1v) is 21.2. The van der Waals surface area contributed by atoms with E-state index in [1.54, 1.807) is 13.1 Å². The molecule has 2 aromatic heterocycles. The minimum Gasteiger partial charge on any atom is -0.488 e. The van der Waals surface area contributed by atoms with Crippen LogP contribution in [0.1, 0.15) is 88.6 Å². The Balaban J connectivity index is 0.968. The summed E-state index contributed by atoms with van der Waals surface area (Å²) in [7, 11) is 4.08. The van der Waals surface area contributed by atoms with Crippen molar-refractivity contribution < 1.29 is 38.1 Å². The molecule has 4 amide bonds. The zero-order valence-corrected chi connectivity index (χ0v) is 35.2. The average Bonchev–Trinajstić information content (AvgIpc) is 4.11. The Kier molecular flexibility index (Phi) is 10.6. The molecule has 3 fully saturated rings. The summed E-state index contributed by atoms with van der Waals surface area (Å²) in [5.74, 6) is 1.85. The van der Waals surface area contributed by atoms with Gasteiger partial charge in [0.25, 0.3) is 0 Å². The number of aromatic amines is 2. The van der Waals surface area contributed by atoms with Crippen LogP contribution >= 0.6 is 0 Å². The van der Waals surface area contributed by atoms with Gasteiger partial charge in [-0.2, -0.15) is 0 Å². The molecule has 4 aliphatic rings. The van der Waals surface area contributed by atoms with E-state index in [1.165, 1.54) is 21.3 Å². The van der Waals surface area contributed by atoms with Crippen LogP contribution in [0.3, 0.4) is 0 Å². The van der Waals surface area contributed by atoms with Gasteiger partial charge in [-0.15, -0.1) is 0 Å². The summed E-state index contributed by atoms with van der Waals surface area (Å²) in [5, 5.41) is 7.44. The second kappa shape index (κ2) is 16.0. The summed E-state index contributed by atoms with van der Waals surface area (Å²) in [6.07, 6.45) is 4.68. The topological polar surface area (TPSA) is 193 Å². The Morgan fingerprint density at radius 1 is 0.951 bits per heavy atom. The Morgan fingerprint density at radius 3 is 2.52 bits per heavy atom. The van der Waals surface area contributed by atoms with Crippen LogP contribution in [0.2, 0.25) is 0 Å². The highest BCUT2D eigenvalue weighted by Crippen LogP contribution is 2.45. The number of amides is 4. The molecule has 0 spiro atoms. The van der Waals surface area contributed by atoms with E-state index in [9.17, 15) is 19.2 Å². The molecule has 61 heavy (non-hydrogen) atoms. The summed E-state index contributed by atoms with van der Waals surface area (Å²) in [5.41, 5.74) is 6.58. The maximum Gasteiger partial charge on any atom is 0.407 e. The Labute approximate surface area is 353 Å². The number of nitrogens with one attached hydrogen (secondary N) is 4. The van der Waals surface area contributed by atoms with E-state index in [0.717, 1.165) is 99.9 Å². The fraction of sp³-hybridized carbons (Fsp3) is 0.467. The number of carbonyl (C=O) groups excluding carboxylic acids is 4. The monoisotopic (exact) mass is 832 g/mol. The Morgan fingerprint density at radius 2 is 1.75 bits per heavy atom. The summed E-state index contributed by atoms with van der Waals surface area (Å²) in [4.78, 5) is 72.9. The van der Waals surface area contributed by atoms with Gasteiger partial charge in [0.05, 0.1) is 55.3 Å². The molecule has 0 radical (unpaired) electrons. The maximum absolute atomic E-state index is 14.1. The smallest absolute Gasteiger partial charge is 0.407 e. The van der Waals surface area contributed by atoms with Gasteiger partial charge in [-0.05, 0) is 97.7 Å². The minimum absolute atomic E-state index is 0.00273. The molecule has 0 saturated carbocycles. The number of aromatic nitrogens is 4. The third kappa shape index (κ3) is 6.99. The summed E-state index contributed by atoms with van der Waals surface area (Å²) >= 11 is 0. The van der Waals surface area contributed by atoms with Gasteiger partial charge in [0.15, 0.2) is 0 Å². The van der Waals surface area contributed by atoms with Crippen LogP contribution < -0.4 is 15.4 Å². The number of nitrogens with zero attached hydrogens (tertiary/aromatic N) is 4. The van der Waals surface area contributed by atoms with Gasteiger partial charge in [0.2, 0.25) is 11.8 Å². The van der Waals surface area contributed by atoms with Gasteiger partial charge < -0.3 is 49.3 Å². The number of carbonyl (C=O) groups is 4. The largest absolute Gasteiger partial charge is 0.488 e. The normalized spacial score (nSPS) is 24.1. The standard InChI is InChI=1S/C45H52N8O8/c1-7-27-10-14-34(52(27)43(55)38(23(3)58-4)51-45(57)60-6)40-46-20-33(48-40)25-8-12-29-26(17-25)21-61-36-19-30-24(18-31(29)36)9-13-32-39(30)49-41(47-32)35-15-11-28-16-22(2)37(42(54)53(28)35)50-44(56)59-5/h8-9,12-13,17-20,22-23,27-28,34-35,37-38H,7,10-11,14-16,21H2,1-6H3,(H,46,48)(H,47,49)(H,50,56)(H,51,57)/t22-,23+,27-,28+,34-,35-,37-,38-/m0/s1. The van der Waals surface area contributed by atoms with Crippen molar-refractivity contribution in [2.45, 2.75) is 108 Å². The zero-order chi connectivity index (χ0) is 42.7.